The number of benzene rings is 1. The van der Waals surface area contributed by atoms with Gasteiger partial charge in [-0.3, -0.25) is 4.90 Å². The zero-order valence-corrected chi connectivity index (χ0v) is 25.0. The molecule has 42 heavy (non-hydrogen) atoms. The van der Waals surface area contributed by atoms with Gasteiger partial charge in [0.2, 0.25) is 17.6 Å². The molecular weight excluding hydrogens is 536 g/mol. The van der Waals surface area contributed by atoms with Gasteiger partial charge >= 0.3 is 5.65 Å². The number of anilines is 1. The fourth-order valence-electron chi connectivity index (χ4n) is 6.47. The number of ether oxygens (including phenoxy) is 1. The van der Waals surface area contributed by atoms with Crippen LogP contribution in [-0.2, 0) is 16.6 Å². The summed E-state index contributed by atoms with van der Waals surface area (Å²) in [4.78, 5) is 18.9. The Morgan fingerprint density at radius 3 is 2.67 bits per heavy atom. The Bertz CT molecular complexity index is 1570. The van der Waals surface area contributed by atoms with Gasteiger partial charge in [-0.25, -0.2) is 14.5 Å². The largest absolute Gasteiger partial charge is 0.387 e. The Kier molecular flexibility index (Phi) is 7.37. The first-order valence-electron chi connectivity index (χ1n) is 14.9. The fraction of sp³-hybridized carbons (Fsp3) is 0.600. The molecular formula is C30H43N8O4+. The number of aliphatic hydroxyl groups excluding tert-OH is 2. The van der Waals surface area contributed by atoms with Crippen LogP contribution in [0.5, 0.6) is 0 Å². The molecule has 1 aliphatic carbocycles. The van der Waals surface area contributed by atoms with Gasteiger partial charge in [0.25, 0.3) is 6.33 Å². The summed E-state index contributed by atoms with van der Waals surface area (Å²) in [5.74, 6) is 1.80. The number of nitrogens with zero attached hydrogens (tertiary/aromatic N) is 6. The molecule has 0 amide bonds. The van der Waals surface area contributed by atoms with E-state index in [1.165, 1.54) is 16.5 Å². The first-order chi connectivity index (χ1) is 19.9. The van der Waals surface area contributed by atoms with Gasteiger partial charge in [-0.1, -0.05) is 36.6 Å². The number of aliphatic hydroxyl groups is 2. The summed E-state index contributed by atoms with van der Waals surface area (Å²) in [7, 11) is 0. The number of aromatic amines is 1. The third kappa shape index (κ3) is 5.21. The molecule has 0 spiro atoms. The van der Waals surface area contributed by atoms with Gasteiger partial charge < -0.3 is 30.9 Å². The zero-order chi connectivity index (χ0) is 29.9. The van der Waals surface area contributed by atoms with Gasteiger partial charge in [-0.05, 0) is 62.1 Å². The quantitative estimate of drug-likeness (QED) is 0.156. The minimum absolute atomic E-state index is 0.0945. The molecule has 1 saturated carbocycles. The molecule has 12 nitrogen and oxygen atoms in total. The molecule has 3 aromatic heterocycles. The van der Waals surface area contributed by atoms with E-state index in [4.69, 9.17) is 15.5 Å². The maximum Gasteiger partial charge on any atom is 0.301 e. The monoisotopic (exact) mass is 579 g/mol. The van der Waals surface area contributed by atoms with Crippen LogP contribution in [0, 0.1) is 5.92 Å². The summed E-state index contributed by atoms with van der Waals surface area (Å²) in [6, 6.07) is 7.14. The number of H-pyrrole nitrogens is 1. The van der Waals surface area contributed by atoms with Gasteiger partial charge in [0.05, 0.1) is 11.0 Å². The molecule has 0 bridgehead atoms. The van der Waals surface area contributed by atoms with E-state index in [2.05, 4.69) is 72.7 Å². The summed E-state index contributed by atoms with van der Waals surface area (Å²) in [6.07, 6.45) is 2.90. The third-order valence-electron chi connectivity index (χ3n) is 9.07. The number of hydrogen-bond acceptors (Lipinski definition) is 9. The Morgan fingerprint density at radius 2 is 1.95 bits per heavy atom. The van der Waals surface area contributed by atoms with Crippen molar-refractivity contribution in [1.82, 2.24) is 29.4 Å². The second-order valence-corrected chi connectivity index (χ2v) is 13.3. The highest BCUT2D eigenvalue weighted by atomic mass is 16.6. The van der Waals surface area contributed by atoms with E-state index < -0.39 is 24.5 Å². The molecule has 4 heterocycles. The molecule has 1 aliphatic heterocycles. The molecule has 2 aliphatic rings. The number of rotatable bonds is 8. The van der Waals surface area contributed by atoms with Crippen molar-refractivity contribution in [2.45, 2.75) is 102 Å². The van der Waals surface area contributed by atoms with Crippen LogP contribution in [0.3, 0.4) is 0 Å². The molecule has 1 aromatic carbocycles. The van der Waals surface area contributed by atoms with Crippen LogP contribution in [0.15, 0.2) is 30.9 Å². The van der Waals surface area contributed by atoms with E-state index in [1.807, 2.05) is 0 Å². The number of nitrogen functional groups attached to an aromatic ring is 1. The van der Waals surface area contributed by atoms with E-state index in [0.29, 0.717) is 18.5 Å². The molecule has 1 saturated heterocycles. The van der Waals surface area contributed by atoms with Crippen molar-refractivity contribution in [1.29, 1.82) is 0 Å². The van der Waals surface area contributed by atoms with Crippen molar-refractivity contribution in [2.24, 2.45) is 5.92 Å². The molecule has 4 aromatic rings. The number of imidazole rings is 2. The maximum absolute atomic E-state index is 11.0. The van der Waals surface area contributed by atoms with Crippen LogP contribution in [0.4, 0.5) is 5.82 Å². The molecule has 2 fully saturated rings. The van der Waals surface area contributed by atoms with Crippen LogP contribution in [0.2, 0.25) is 0 Å². The van der Waals surface area contributed by atoms with E-state index in [9.17, 15) is 15.4 Å². The average molecular weight is 580 g/mol. The SMILES string of the molecule is CC(C)N(C[C@H]1O[C@@H](n2cnc3c(N)nc[n+](O)c32)[C@H](O)[C@@H]1O)[C@H]1C[C@H](CCc2nc3cc(C(C)(C)C)ccc3[nH]2)C1. The van der Waals surface area contributed by atoms with E-state index in [0.717, 1.165) is 53.6 Å². The number of fused-ring (bicyclic) bond motifs is 2. The van der Waals surface area contributed by atoms with Crippen molar-refractivity contribution < 1.29 is 24.9 Å². The molecule has 4 atom stereocenters. The van der Waals surface area contributed by atoms with Crippen LogP contribution >= 0.6 is 0 Å². The molecule has 226 valence electrons. The minimum atomic E-state index is -1.20. The van der Waals surface area contributed by atoms with Crippen LogP contribution in [0.25, 0.3) is 22.2 Å². The highest BCUT2D eigenvalue weighted by Crippen LogP contribution is 2.38. The van der Waals surface area contributed by atoms with Crippen molar-refractivity contribution in [3.05, 3.63) is 42.2 Å². The number of aromatic nitrogens is 6. The number of nitrogens with one attached hydrogen (secondary N) is 1. The summed E-state index contributed by atoms with van der Waals surface area (Å²) < 4.78 is 8.48. The highest BCUT2D eigenvalue weighted by molar-refractivity contribution is 5.79. The standard InChI is InChI=1S/C30H42N8O4/c1-16(2)36(13-22-25(39)26(40)29(42-22)37-14-32-24-27(31)33-15-38(41)28(24)37)19-10-17(11-19)6-9-23-34-20-8-7-18(30(3,4)5)12-21(20)35-23/h7-8,12,14-17,19,22,25-26,29,31,39-41H,6,9-11,13H2,1-5H3,(H,34,35)/p+1/t17-,19-,22-,25-,26-,29-/m1/s1. The summed E-state index contributed by atoms with van der Waals surface area (Å²) in [5, 5.41) is 32.2. The molecule has 6 N–H and O–H groups in total. The van der Waals surface area contributed by atoms with E-state index in [-0.39, 0.29) is 28.4 Å². The second kappa shape index (κ2) is 10.7. The molecule has 0 unspecified atom stereocenters. The van der Waals surface area contributed by atoms with Gasteiger partial charge in [-0.2, -0.15) is 0 Å². The molecule has 12 heteroatoms. The topological polar surface area (TPSA) is 162 Å². The smallest absolute Gasteiger partial charge is 0.301 e. The lowest BCUT2D eigenvalue weighted by Gasteiger charge is -2.46. The van der Waals surface area contributed by atoms with Gasteiger partial charge in [0, 0.05) is 25.0 Å². The van der Waals surface area contributed by atoms with Gasteiger partial charge in [0.15, 0.2) is 6.33 Å². The summed E-state index contributed by atoms with van der Waals surface area (Å²) in [6.45, 7) is 11.4. The summed E-state index contributed by atoms with van der Waals surface area (Å²) in [5.41, 5.74) is 9.93. The average Bonchev–Trinajstić information content (AvgIpc) is 3.60. The lowest BCUT2D eigenvalue weighted by atomic mass is 9.76. The molecule has 0 radical (unpaired) electrons. The Morgan fingerprint density at radius 1 is 1.19 bits per heavy atom. The first-order valence-corrected chi connectivity index (χ1v) is 14.9. The van der Waals surface area contributed by atoms with Crippen molar-refractivity contribution in [3.8, 4) is 0 Å². The predicted molar refractivity (Wildman–Crippen MR) is 157 cm³/mol. The third-order valence-corrected chi connectivity index (χ3v) is 9.07. The van der Waals surface area contributed by atoms with Crippen molar-refractivity contribution in [3.63, 3.8) is 0 Å². The van der Waals surface area contributed by atoms with E-state index in [1.54, 1.807) is 0 Å². The normalized spacial score (nSPS) is 26.6. The number of hydrogen-bond donors (Lipinski definition) is 5. The molecule has 6 rings (SSSR count). The Balaban J connectivity index is 1.07. The zero-order valence-electron chi connectivity index (χ0n) is 25.0. The highest BCUT2D eigenvalue weighted by Gasteiger charge is 2.48. The number of nitrogens with two attached hydrogens (primary N) is 1. The minimum Gasteiger partial charge on any atom is -0.387 e. The maximum atomic E-state index is 11.0. The number of aryl methyl sites for hydroxylation is 1. The van der Waals surface area contributed by atoms with E-state index >= 15 is 0 Å². The van der Waals surface area contributed by atoms with Crippen LogP contribution in [0.1, 0.15) is 71.5 Å². The Hall–Kier alpha value is -3.32. The van der Waals surface area contributed by atoms with Crippen LogP contribution < -0.4 is 10.5 Å². The lowest BCUT2D eigenvalue weighted by Crippen LogP contribution is -2.52. The van der Waals surface area contributed by atoms with Gasteiger partial charge in [-0.15, -0.1) is 0 Å². The van der Waals surface area contributed by atoms with Crippen molar-refractivity contribution in [2.75, 3.05) is 12.3 Å². The first kappa shape index (κ1) is 28.8. The fourth-order valence-corrected chi connectivity index (χ4v) is 6.47. The second-order valence-electron chi connectivity index (χ2n) is 13.3. The van der Waals surface area contributed by atoms with Crippen LogP contribution in [-0.4, -0.2) is 81.8 Å². The van der Waals surface area contributed by atoms with Gasteiger partial charge in [0.1, 0.15) is 24.1 Å². The lowest BCUT2D eigenvalue weighted by molar-refractivity contribution is -0.888. The van der Waals surface area contributed by atoms with Crippen molar-refractivity contribution >= 4 is 28.0 Å². The predicted octanol–water partition coefficient (Wildman–Crippen LogP) is 2.45. The summed E-state index contributed by atoms with van der Waals surface area (Å²) >= 11 is 0. The Labute approximate surface area is 245 Å².